The molecule has 2 N–H and O–H groups in total. The maximum absolute atomic E-state index is 10.6. The molecule has 0 aliphatic heterocycles. The normalized spacial score (nSPS) is 9.42. The maximum atomic E-state index is 10.6. The first-order valence-electron chi connectivity index (χ1n) is 6.09. The fourth-order valence-electron chi connectivity index (χ4n) is 1.39. The summed E-state index contributed by atoms with van der Waals surface area (Å²) in [6.07, 6.45) is 1.13. The highest BCUT2D eigenvalue weighted by molar-refractivity contribution is 5.96. The summed E-state index contributed by atoms with van der Waals surface area (Å²) in [6.45, 7) is 7.36. The van der Waals surface area contributed by atoms with Crippen molar-refractivity contribution in [3.05, 3.63) is 34.9 Å². The molecule has 0 aromatic heterocycles. The smallest absolute Gasteiger partial charge is 0.335 e. The van der Waals surface area contributed by atoms with Crippen LogP contribution >= 0.6 is 0 Å². The minimum atomic E-state index is -1.11. The monoisotopic (exact) mass is 268 g/mol. The largest absolute Gasteiger partial charge is 0.478 e. The molecular weight excluding hydrogens is 248 g/mol. The quantitative estimate of drug-likeness (QED) is 0.802. The van der Waals surface area contributed by atoms with Crippen LogP contribution in [0.3, 0.4) is 0 Å². The molecule has 0 spiro atoms. The van der Waals surface area contributed by atoms with Gasteiger partial charge in [-0.3, -0.25) is 0 Å². The Bertz CT molecular complexity index is 390. The van der Waals surface area contributed by atoms with E-state index in [-0.39, 0.29) is 16.7 Å². The zero-order chi connectivity index (χ0) is 14.8. The second kappa shape index (κ2) is 9.10. The number of aromatic carboxylic acids is 2. The lowest BCUT2D eigenvalue weighted by Gasteiger charge is -2.03. The molecule has 0 aliphatic carbocycles. The number of carbonyl (C=O) groups is 2. The van der Waals surface area contributed by atoms with Gasteiger partial charge in [-0.05, 0) is 38.0 Å². The number of carboxylic acids is 2. The molecule has 0 radical (unpaired) electrons. The van der Waals surface area contributed by atoms with Gasteiger partial charge in [-0.2, -0.15) is 0 Å². The summed E-state index contributed by atoms with van der Waals surface area (Å²) < 4.78 is 4.98. The van der Waals surface area contributed by atoms with Gasteiger partial charge in [-0.25, -0.2) is 9.59 Å². The summed E-state index contributed by atoms with van der Waals surface area (Å²) in [5.41, 5.74) is 0.335. The van der Waals surface area contributed by atoms with E-state index in [0.717, 1.165) is 19.6 Å². The third-order valence-electron chi connectivity index (χ3n) is 2.35. The summed E-state index contributed by atoms with van der Waals surface area (Å²) in [5, 5.41) is 17.4. The third-order valence-corrected chi connectivity index (χ3v) is 2.35. The fraction of sp³-hybridized carbons (Fsp3) is 0.429. The summed E-state index contributed by atoms with van der Waals surface area (Å²) in [7, 11) is 0. The van der Waals surface area contributed by atoms with Gasteiger partial charge >= 0.3 is 11.9 Å². The van der Waals surface area contributed by atoms with Crippen LogP contribution in [0.2, 0.25) is 0 Å². The van der Waals surface area contributed by atoms with Crippen molar-refractivity contribution in [1.29, 1.82) is 0 Å². The molecular formula is C14H20O5. The van der Waals surface area contributed by atoms with E-state index < -0.39 is 11.9 Å². The van der Waals surface area contributed by atoms with Crippen molar-refractivity contribution >= 4 is 11.9 Å². The van der Waals surface area contributed by atoms with Gasteiger partial charge in [0.25, 0.3) is 0 Å². The number of carboxylic acid groups (broad SMARTS) is 2. The lowest BCUT2D eigenvalue weighted by Crippen LogP contribution is -2.06. The molecule has 1 aromatic rings. The van der Waals surface area contributed by atoms with Gasteiger partial charge in [0, 0.05) is 13.2 Å². The van der Waals surface area contributed by atoms with E-state index in [2.05, 4.69) is 6.92 Å². The second-order valence-electron chi connectivity index (χ2n) is 3.79. The van der Waals surface area contributed by atoms with Crippen molar-refractivity contribution in [3.63, 3.8) is 0 Å². The Balaban J connectivity index is 0.000000459. The Morgan fingerprint density at radius 3 is 1.84 bits per heavy atom. The van der Waals surface area contributed by atoms with Crippen LogP contribution < -0.4 is 0 Å². The van der Waals surface area contributed by atoms with Gasteiger partial charge in [0.1, 0.15) is 0 Å². The molecule has 0 aliphatic rings. The number of hydrogen-bond donors (Lipinski definition) is 2. The van der Waals surface area contributed by atoms with Gasteiger partial charge in [0.15, 0.2) is 0 Å². The minimum absolute atomic E-state index is 0.0277. The molecule has 0 fully saturated rings. The van der Waals surface area contributed by atoms with Crippen molar-refractivity contribution < 1.29 is 24.5 Å². The van der Waals surface area contributed by atoms with Gasteiger partial charge in [0.2, 0.25) is 0 Å². The summed E-state index contributed by atoms with van der Waals surface area (Å²) in [6, 6.07) is 4.17. The SMILES string of the molecule is CCCOCC.Cc1c(C(=O)O)cccc1C(=O)O. The van der Waals surface area contributed by atoms with Gasteiger partial charge < -0.3 is 14.9 Å². The zero-order valence-corrected chi connectivity index (χ0v) is 11.5. The van der Waals surface area contributed by atoms with Crippen LogP contribution in [0.1, 0.15) is 46.5 Å². The topological polar surface area (TPSA) is 83.8 Å². The first-order valence-corrected chi connectivity index (χ1v) is 6.09. The van der Waals surface area contributed by atoms with Crippen LogP contribution in [-0.2, 0) is 4.74 Å². The highest BCUT2D eigenvalue weighted by Gasteiger charge is 2.13. The maximum Gasteiger partial charge on any atom is 0.335 e. The van der Waals surface area contributed by atoms with Crippen LogP contribution in [0, 0.1) is 6.92 Å². The lowest BCUT2D eigenvalue weighted by molar-refractivity contribution is 0.0696. The summed E-state index contributed by atoms with van der Waals surface area (Å²) in [4.78, 5) is 21.2. The van der Waals surface area contributed by atoms with Crippen molar-refractivity contribution in [2.75, 3.05) is 13.2 Å². The molecule has 0 heterocycles. The van der Waals surface area contributed by atoms with E-state index in [1.165, 1.54) is 25.1 Å². The van der Waals surface area contributed by atoms with Crippen molar-refractivity contribution in [2.24, 2.45) is 0 Å². The predicted molar refractivity (Wildman–Crippen MR) is 71.9 cm³/mol. The average Bonchev–Trinajstić information content (AvgIpc) is 2.36. The molecule has 5 nitrogen and oxygen atoms in total. The predicted octanol–water partition coefficient (Wildman–Crippen LogP) is 2.82. The molecule has 5 heteroatoms. The summed E-state index contributed by atoms with van der Waals surface area (Å²) >= 11 is 0. The van der Waals surface area contributed by atoms with Crippen molar-refractivity contribution in [2.45, 2.75) is 27.2 Å². The standard InChI is InChI=1S/C9H8O4.C5H12O/c1-5-6(8(10)11)3-2-4-7(5)9(12)13;1-3-5-6-4-2/h2-4H,1H3,(H,10,11)(H,12,13);3-5H2,1-2H3. The van der Waals surface area contributed by atoms with Crippen LogP contribution in [-0.4, -0.2) is 35.4 Å². The van der Waals surface area contributed by atoms with Crippen LogP contribution in [0.15, 0.2) is 18.2 Å². The van der Waals surface area contributed by atoms with Crippen molar-refractivity contribution in [3.8, 4) is 0 Å². The number of rotatable bonds is 5. The highest BCUT2D eigenvalue weighted by atomic mass is 16.5. The molecule has 1 aromatic carbocycles. The Hall–Kier alpha value is -1.88. The molecule has 19 heavy (non-hydrogen) atoms. The molecule has 106 valence electrons. The van der Waals surface area contributed by atoms with E-state index in [0.29, 0.717) is 0 Å². The number of ether oxygens (including phenoxy) is 1. The number of benzene rings is 1. The second-order valence-corrected chi connectivity index (χ2v) is 3.79. The van der Waals surface area contributed by atoms with Gasteiger partial charge in [0.05, 0.1) is 11.1 Å². The Morgan fingerprint density at radius 2 is 1.58 bits per heavy atom. The van der Waals surface area contributed by atoms with Gasteiger partial charge in [-0.15, -0.1) is 0 Å². The fourth-order valence-corrected chi connectivity index (χ4v) is 1.39. The van der Waals surface area contributed by atoms with E-state index in [1.807, 2.05) is 6.92 Å². The average molecular weight is 268 g/mol. The summed E-state index contributed by atoms with van der Waals surface area (Å²) in [5.74, 6) is -2.22. The van der Waals surface area contributed by atoms with E-state index >= 15 is 0 Å². The Kier molecular flexibility index (Phi) is 8.20. The van der Waals surface area contributed by atoms with Crippen LogP contribution in [0.25, 0.3) is 0 Å². The molecule has 0 unspecified atom stereocenters. The Morgan fingerprint density at radius 1 is 1.11 bits per heavy atom. The Labute approximate surface area is 112 Å². The zero-order valence-electron chi connectivity index (χ0n) is 11.5. The van der Waals surface area contributed by atoms with E-state index in [9.17, 15) is 9.59 Å². The van der Waals surface area contributed by atoms with E-state index in [4.69, 9.17) is 14.9 Å². The molecule has 0 amide bonds. The van der Waals surface area contributed by atoms with Crippen LogP contribution in [0.4, 0.5) is 0 Å². The molecule has 0 atom stereocenters. The molecule has 0 saturated heterocycles. The van der Waals surface area contributed by atoms with Crippen molar-refractivity contribution in [1.82, 2.24) is 0 Å². The first kappa shape index (κ1) is 17.1. The molecule has 0 bridgehead atoms. The van der Waals surface area contributed by atoms with Gasteiger partial charge in [-0.1, -0.05) is 13.0 Å². The first-order chi connectivity index (χ1) is 8.95. The molecule has 0 saturated carbocycles. The highest BCUT2D eigenvalue weighted by Crippen LogP contribution is 2.13. The van der Waals surface area contributed by atoms with Crippen LogP contribution in [0.5, 0.6) is 0 Å². The third kappa shape index (κ3) is 6.01. The molecule has 1 rings (SSSR count). The number of hydrogen-bond acceptors (Lipinski definition) is 3. The van der Waals surface area contributed by atoms with E-state index in [1.54, 1.807) is 0 Å². The minimum Gasteiger partial charge on any atom is -0.478 e. The lowest BCUT2D eigenvalue weighted by atomic mass is 10.0.